The number of rotatable bonds is 4. The summed E-state index contributed by atoms with van der Waals surface area (Å²) in [5.41, 5.74) is 5.36. The Kier molecular flexibility index (Phi) is 3.89. The second kappa shape index (κ2) is 5.40. The summed E-state index contributed by atoms with van der Waals surface area (Å²) in [6.45, 7) is 4.24. The van der Waals surface area contributed by atoms with Crippen LogP contribution in [-0.4, -0.2) is 4.98 Å². The molecule has 0 aliphatic heterocycles. The Morgan fingerprint density at radius 1 is 1.41 bits per heavy atom. The molecule has 0 bridgehead atoms. The maximum Gasteiger partial charge on any atom is 0.0806 e. The second-order valence-corrected chi connectivity index (χ2v) is 5.30. The Morgan fingerprint density at radius 3 is 2.82 bits per heavy atom. The highest BCUT2D eigenvalue weighted by Gasteiger charge is 2.16. The van der Waals surface area contributed by atoms with Gasteiger partial charge in [-0.15, -0.1) is 11.3 Å². The first kappa shape index (κ1) is 12.2. The topological polar surface area (TPSA) is 50.9 Å². The van der Waals surface area contributed by atoms with E-state index in [1.807, 2.05) is 18.5 Å². The van der Waals surface area contributed by atoms with Crippen LogP contribution in [-0.2, 0) is 6.42 Å². The molecule has 0 fully saturated rings. The number of nitrogens with one attached hydrogen (secondary N) is 1. The summed E-state index contributed by atoms with van der Waals surface area (Å²) in [5, 5.41) is 0. The van der Waals surface area contributed by atoms with E-state index in [1.54, 1.807) is 11.3 Å². The van der Waals surface area contributed by atoms with Gasteiger partial charge in [-0.2, -0.15) is 0 Å². The molecular weight excluding hydrogens is 230 g/mol. The van der Waals surface area contributed by atoms with Crippen molar-refractivity contribution in [3.8, 4) is 0 Å². The molecular formula is C13H17N3S. The standard InChI is InChI=1S/C13H17N3S/c1-3-10-8-15-7-6-11(10)13(16-14)12-5-4-9(2)17-12/h4-8,13,16H,3,14H2,1-2H3. The number of nitrogens with two attached hydrogens (primary N) is 1. The molecule has 0 amide bonds. The Morgan fingerprint density at radius 2 is 2.24 bits per heavy atom. The van der Waals surface area contributed by atoms with Crippen molar-refractivity contribution in [1.29, 1.82) is 0 Å². The van der Waals surface area contributed by atoms with Crippen LogP contribution >= 0.6 is 11.3 Å². The number of aromatic nitrogens is 1. The van der Waals surface area contributed by atoms with E-state index in [1.165, 1.54) is 20.9 Å². The number of aryl methyl sites for hydroxylation is 2. The predicted octanol–water partition coefficient (Wildman–Crippen LogP) is 2.57. The van der Waals surface area contributed by atoms with E-state index in [0.717, 1.165) is 6.42 Å². The van der Waals surface area contributed by atoms with E-state index in [9.17, 15) is 0 Å². The van der Waals surface area contributed by atoms with Crippen LogP contribution in [0, 0.1) is 6.92 Å². The predicted molar refractivity (Wildman–Crippen MR) is 71.8 cm³/mol. The Balaban J connectivity index is 2.41. The molecule has 0 aliphatic carbocycles. The molecule has 2 aromatic rings. The fourth-order valence-corrected chi connectivity index (χ4v) is 2.91. The average Bonchev–Trinajstić information content (AvgIpc) is 2.77. The van der Waals surface area contributed by atoms with E-state index in [2.05, 4.69) is 36.4 Å². The maximum atomic E-state index is 5.71. The molecule has 0 saturated heterocycles. The number of hydrazine groups is 1. The SMILES string of the molecule is CCc1cnccc1C(NN)c1ccc(C)s1. The fourth-order valence-electron chi connectivity index (χ4n) is 1.95. The van der Waals surface area contributed by atoms with Crippen molar-refractivity contribution in [3.63, 3.8) is 0 Å². The number of hydrogen-bond donors (Lipinski definition) is 2. The second-order valence-electron chi connectivity index (χ2n) is 3.98. The van der Waals surface area contributed by atoms with Crippen LogP contribution in [0.4, 0.5) is 0 Å². The number of hydrogen-bond acceptors (Lipinski definition) is 4. The lowest BCUT2D eigenvalue weighted by atomic mass is 10.0. The average molecular weight is 247 g/mol. The smallest absolute Gasteiger partial charge is 0.0806 e. The molecule has 2 rings (SSSR count). The van der Waals surface area contributed by atoms with Gasteiger partial charge >= 0.3 is 0 Å². The first-order chi connectivity index (χ1) is 8.26. The zero-order valence-corrected chi connectivity index (χ0v) is 10.9. The van der Waals surface area contributed by atoms with Crippen LogP contribution in [0.3, 0.4) is 0 Å². The minimum atomic E-state index is 0.0617. The maximum absolute atomic E-state index is 5.71. The van der Waals surface area contributed by atoms with Gasteiger partial charge in [-0.3, -0.25) is 10.8 Å². The molecule has 1 unspecified atom stereocenters. The molecule has 17 heavy (non-hydrogen) atoms. The van der Waals surface area contributed by atoms with Crippen LogP contribution in [0.15, 0.2) is 30.6 Å². The Labute approximate surface area is 106 Å². The van der Waals surface area contributed by atoms with Crippen molar-refractivity contribution in [2.24, 2.45) is 5.84 Å². The van der Waals surface area contributed by atoms with Gasteiger partial charge in [0.1, 0.15) is 0 Å². The highest BCUT2D eigenvalue weighted by Crippen LogP contribution is 2.29. The minimum Gasteiger partial charge on any atom is -0.271 e. The molecule has 2 heterocycles. The van der Waals surface area contributed by atoms with Crippen molar-refractivity contribution in [2.45, 2.75) is 26.3 Å². The molecule has 3 nitrogen and oxygen atoms in total. The third-order valence-corrected chi connectivity index (χ3v) is 3.91. The van der Waals surface area contributed by atoms with E-state index in [-0.39, 0.29) is 6.04 Å². The molecule has 90 valence electrons. The first-order valence-corrected chi connectivity index (χ1v) is 6.53. The van der Waals surface area contributed by atoms with Gasteiger partial charge < -0.3 is 0 Å². The van der Waals surface area contributed by atoms with Crippen LogP contribution < -0.4 is 11.3 Å². The molecule has 2 aromatic heterocycles. The van der Waals surface area contributed by atoms with Crippen LogP contribution in [0.25, 0.3) is 0 Å². The Bertz CT molecular complexity index is 493. The van der Waals surface area contributed by atoms with Gasteiger partial charge in [0.15, 0.2) is 0 Å². The molecule has 0 radical (unpaired) electrons. The van der Waals surface area contributed by atoms with Crippen molar-refractivity contribution < 1.29 is 0 Å². The van der Waals surface area contributed by atoms with Gasteiger partial charge in [0.05, 0.1) is 6.04 Å². The summed E-state index contributed by atoms with van der Waals surface area (Å²) in [6, 6.07) is 6.35. The van der Waals surface area contributed by atoms with E-state index >= 15 is 0 Å². The van der Waals surface area contributed by atoms with Crippen LogP contribution in [0.1, 0.15) is 33.8 Å². The van der Waals surface area contributed by atoms with Crippen molar-refractivity contribution in [1.82, 2.24) is 10.4 Å². The summed E-state index contributed by atoms with van der Waals surface area (Å²) in [4.78, 5) is 6.71. The van der Waals surface area contributed by atoms with Crippen LogP contribution in [0.5, 0.6) is 0 Å². The quantitative estimate of drug-likeness (QED) is 0.645. The fraction of sp³-hybridized carbons (Fsp3) is 0.308. The van der Waals surface area contributed by atoms with Crippen LogP contribution in [0.2, 0.25) is 0 Å². The van der Waals surface area contributed by atoms with Gasteiger partial charge in [0.25, 0.3) is 0 Å². The molecule has 1 atom stereocenters. The third-order valence-electron chi connectivity index (χ3n) is 2.85. The van der Waals surface area contributed by atoms with Crippen molar-refractivity contribution >= 4 is 11.3 Å². The van der Waals surface area contributed by atoms with Crippen molar-refractivity contribution in [3.05, 3.63) is 51.5 Å². The summed E-state index contributed by atoms with van der Waals surface area (Å²) in [6.07, 6.45) is 4.70. The Hall–Kier alpha value is -1.23. The summed E-state index contributed by atoms with van der Waals surface area (Å²) >= 11 is 1.77. The summed E-state index contributed by atoms with van der Waals surface area (Å²) in [7, 11) is 0. The van der Waals surface area contributed by atoms with E-state index in [4.69, 9.17) is 5.84 Å². The highest BCUT2D eigenvalue weighted by atomic mass is 32.1. The molecule has 0 spiro atoms. The lowest BCUT2D eigenvalue weighted by molar-refractivity contribution is 0.639. The number of thiophene rings is 1. The number of nitrogens with zero attached hydrogens (tertiary/aromatic N) is 1. The van der Waals surface area contributed by atoms with Gasteiger partial charge in [-0.25, -0.2) is 5.43 Å². The number of pyridine rings is 1. The zero-order valence-electron chi connectivity index (χ0n) is 10.1. The monoisotopic (exact) mass is 247 g/mol. The van der Waals surface area contributed by atoms with Crippen molar-refractivity contribution in [2.75, 3.05) is 0 Å². The minimum absolute atomic E-state index is 0.0617. The molecule has 0 aliphatic rings. The van der Waals surface area contributed by atoms with E-state index in [0.29, 0.717) is 0 Å². The molecule has 0 saturated carbocycles. The largest absolute Gasteiger partial charge is 0.271 e. The lowest BCUT2D eigenvalue weighted by Gasteiger charge is -2.17. The lowest BCUT2D eigenvalue weighted by Crippen LogP contribution is -2.29. The van der Waals surface area contributed by atoms with Gasteiger partial charge in [0, 0.05) is 22.1 Å². The molecule has 4 heteroatoms. The summed E-state index contributed by atoms with van der Waals surface area (Å²) < 4.78 is 0. The van der Waals surface area contributed by atoms with Gasteiger partial charge in [-0.05, 0) is 42.7 Å². The van der Waals surface area contributed by atoms with E-state index < -0.39 is 0 Å². The van der Waals surface area contributed by atoms with Gasteiger partial charge in [-0.1, -0.05) is 6.92 Å². The summed E-state index contributed by atoms with van der Waals surface area (Å²) in [5.74, 6) is 5.71. The third kappa shape index (κ3) is 2.54. The molecule has 0 aromatic carbocycles. The first-order valence-electron chi connectivity index (χ1n) is 5.71. The van der Waals surface area contributed by atoms with Gasteiger partial charge in [0.2, 0.25) is 0 Å². The molecule has 3 N–H and O–H groups in total. The highest BCUT2D eigenvalue weighted by molar-refractivity contribution is 7.12. The normalized spacial score (nSPS) is 12.6. The zero-order chi connectivity index (χ0) is 12.3.